The maximum absolute atomic E-state index is 10.5. The van der Waals surface area contributed by atoms with Crippen molar-refractivity contribution in [3.63, 3.8) is 0 Å². The molecular formula is C36H38B2O5. The molecule has 43 heavy (non-hydrogen) atoms. The van der Waals surface area contributed by atoms with Crippen molar-refractivity contribution in [2.75, 3.05) is 0 Å². The average molecular weight is 572 g/mol. The van der Waals surface area contributed by atoms with E-state index in [1.807, 2.05) is 76.1 Å². The maximum atomic E-state index is 10.5. The minimum atomic E-state index is -0.964. The number of hydrogen-bond donors (Lipinski definition) is 1. The van der Waals surface area contributed by atoms with Crippen molar-refractivity contribution < 1.29 is 23.8 Å². The van der Waals surface area contributed by atoms with Gasteiger partial charge in [-0.3, -0.25) is 0 Å². The Hall–Kier alpha value is -3.77. The van der Waals surface area contributed by atoms with Crippen LogP contribution in [0, 0.1) is 0 Å². The van der Waals surface area contributed by atoms with Gasteiger partial charge in [0.1, 0.15) is 11.4 Å². The van der Waals surface area contributed by atoms with Gasteiger partial charge in [0.25, 0.3) is 0 Å². The molecule has 2 heterocycles. The lowest BCUT2D eigenvalue weighted by Gasteiger charge is -2.42. The molecule has 0 amide bonds. The van der Waals surface area contributed by atoms with Crippen LogP contribution >= 0.6 is 0 Å². The van der Waals surface area contributed by atoms with Gasteiger partial charge in [0.15, 0.2) is 5.60 Å². The summed E-state index contributed by atoms with van der Waals surface area (Å²) in [6, 6.07) is 33.3. The standard InChI is InChI=1S/C36H38B2O5/c1-24(34(3,4)39)41-37(7)28-18-20-30-31-21-19-29(38-42-25(2)35(5,6)43-38)23-33(31)40-36(32(30)22-28,26-14-10-8-11-15-26)27-16-12-9-13-17-27/h8-24,39H,2H2,1,3-7H3. The quantitative estimate of drug-likeness (QED) is 0.273. The van der Waals surface area contributed by atoms with Crippen LogP contribution < -0.4 is 15.7 Å². The third-order valence-electron chi connectivity index (χ3n) is 8.81. The first-order valence-electron chi connectivity index (χ1n) is 14.9. The maximum Gasteiger partial charge on any atom is 0.563 e. The fourth-order valence-corrected chi connectivity index (χ4v) is 5.81. The molecule has 1 atom stereocenters. The van der Waals surface area contributed by atoms with Gasteiger partial charge < -0.3 is 23.8 Å². The number of ether oxygens (including phenoxy) is 1. The molecule has 1 N–H and O–H groups in total. The van der Waals surface area contributed by atoms with E-state index in [9.17, 15) is 5.11 Å². The molecular weight excluding hydrogens is 534 g/mol. The first kappa shape index (κ1) is 29.3. The van der Waals surface area contributed by atoms with E-state index in [0.29, 0.717) is 5.76 Å². The van der Waals surface area contributed by atoms with E-state index in [1.165, 1.54) is 0 Å². The number of fused-ring (bicyclic) bond motifs is 3. The topological polar surface area (TPSA) is 57.2 Å². The molecule has 6 rings (SSSR count). The van der Waals surface area contributed by atoms with E-state index >= 15 is 0 Å². The Morgan fingerprint density at radius 3 is 2.05 bits per heavy atom. The summed E-state index contributed by atoms with van der Waals surface area (Å²) < 4.78 is 25.8. The summed E-state index contributed by atoms with van der Waals surface area (Å²) in [7, 11) is -0.571. The Labute approximate surface area is 255 Å². The summed E-state index contributed by atoms with van der Waals surface area (Å²) >= 11 is 0. The zero-order chi connectivity index (χ0) is 30.6. The third kappa shape index (κ3) is 5.20. The molecule has 0 aliphatic carbocycles. The van der Waals surface area contributed by atoms with E-state index in [-0.39, 0.29) is 13.0 Å². The van der Waals surface area contributed by atoms with Crippen LogP contribution in [-0.4, -0.2) is 36.4 Å². The van der Waals surface area contributed by atoms with Gasteiger partial charge >= 0.3 is 14.0 Å². The second-order valence-electron chi connectivity index (χ2n) is 12.7. The lowest BCUT2D eigenvalue weighted by Crippen LogP contribution is -2.44. The van der Waals surface area contributed by atoms with Gasteiger partial charge in [-0.05, 0) is 51.7 Å². The average Bonchev–Trinajstić information content (AvgIpc) is 3.28. The van der Waals surface area contributed by atoms with E-state index in [1.54, 1.807) is 13.8 Å². The van der Waals surface area contributed by atoms with Crippen molar-refractivity contribution in [3.8, 4) is 16.9 Å². The monoisotopic (exact) mass is 572 g/mol. The van der Waals surface area contributed by atoms with Gasteiger partial charge in [-0.15, -0.1) is 0 Å². The van der Waals surface area contributed by atoms with Crippen molar-refractivity contribution in [1.82, 2.24) is 0 Å². The first-order chi connectivity index (χ1) is 20.4. The Bertz CT molecular complexity index is 1610. The molecule has 1 fully saturated rings. The van der Waals surface area contributed by atoms with Gasteiger partial charge in [0, 0.05) is 27.7 Å². The molecule has 4 aromatic carbocycles. The molecule has 0 saturated carbocycles. The van der Waals surface area contributed by atoms with Crippen LogP contribution in [0.1, 0.15) is 51.3 Å². The zero-order valence-corrected chi connectivity index (χ0v) is 25.8. The van der Waals surface area contributed by atoms with E-state index in [0.717, 1.165) is 44.5 Å². The summed E-state index contributed by atoms with van der Waals surface area (Å²) in [5.41, 5.74) is 4.49. The summed E-state index contributed by atoms with van der Waals surface area (Å²) in [5, 5.41) is 10.5. The van der Waals surface area contributed by atoms with E-state index in [2.05, 4.69) is 55.1 Å². The highest BCUT2D eigenvalue weighted by atomic mass is 16.7. The van der Waals surface area contributed by atoms with Gasteiger partial charge in [-0.2, -0.15) is 0 Å². The Balaban J connectivity index is 1.55. The minimum absolute atomic E-state index is 0.257. The van der Waals surface area contributed by atoms with Crippen molar-refractivity contribution in [1.29, 1.82) is 0 Å². The molecule has 0 spiro atoms. The second-order valence-corrected chi connectivity index (χ2v) is 12.7. The number of aliphatic hydroxyl groups is 1. The Kier molecular flexibility index (Phi) is 7.32. The number of hydrogen-bond acceptors (Lipinski definition) is 5. The molecule has 218 valence electrons. The fourth-order valence-electron chi connectivity index (χ4n) is 5.81. The highest BCUT2D eigenvalue weighted by Crippen LogP contribution is 2.51. The van der Waals surface area contributed by atoms with Crippen LogP contribution in [0.2, 0.25) is 6.82 Å². The highest BCUT2D eigenvalue weighted by Gasteiger charge is 2.47. The smallest absolute Gasteiger partial charge is 0.534 e. The number of benzene rings is 4. The number of rotatable bonds is 7. The Morgan fingerprint density at radius 2 is 1.49 bits per heavy atom. The van der Waals surface area contributed by atoms with Gasteiger partial charge in [0.2, 0.25) is 0 Å². The molecule has 0 bridgehead atoms. The normalized spacial score (nSPS) is 17.4. The largest absolute Gasteiger partial charge is 0.563 e. The molecule has 0 radical (unpaired) electrons. The van der Waals surface area contributed by atoms with Crippen molar-refractivity contribution in [2.24, 2.45) is 0 Å². The van der Waals surface area contributed by atoms with E-state index in [4.69, 9.17) is 18.7 Å². The molecule has 4 aromatic rings. The third-order valence-corrected chi connectivity index (χ3v) is 8.81. The summed E-state index contributed by atoms with van der Waals surface area (Å²) in [6.07, 6.45) is -0.358. The predicted molar refractivity (Wildman–Crippen MR) is 174 cm³/mol. The van der Waals surface area contributed by atoms with Gasteiger partial charge in [-0.25, -0.2) is 0 Å². The van der Waals surface area contributed by atoms with Crippen LogP contribution in [0.4, 0.5) is 0 Å². The SMILES string of the molecule is C=C1OB(c2ccc3c(c2)OC(c2ccccc2)(c2ccccc2)c2cc(B(C)OC(C)C(C)(C)O)ccc2-3)OC1(C)C. The second kappa shape index (κ2) is 10.7. The van der Waals surface area contributed by atoms with Gasteiger partial charge in [0.05, 0.1) is 17.5 Å². The molecule has 5 nitrogen and oxygen atoms in total. The molecule has 1 saturated heterocycles. The van der Waals surface area contributed by atoms with Crippen LogP contribution in [0.25, 0.3) is 11.1 Å². The first-order valence-corrected chi connectivity index (χ1v) is 14.9. The molecule has 1 unspecified atom stereocenters. The molecule has 2 aliphatic rings. The summed E-state index contributed by atoms with van der Waals surface area (Å²) in [6.45, 7) is 15.2. The summed E-state index contributed by atoms with van der Waals surface area (Å²) in [4.78, 5) is 0. The predicted octanol–water partition coefficient (Wildman–Crippen LogP) is 6.08. The highest BCUT2D eigenvalue weighted by molar-refractivity contribution is 6.66. The lowest BCUT2D eigenvalue weighted by molar-refractivity contribution is -0.0245. The van der Waals surface area contributed by atoms with Crippen LogP contribution in [0.15, 0.2) is 109 Å². The van der Waals surface area contributed by atoms with Gasteiger partial charge in [-0.1, -0.05) is 104 Å². The van der Waals surface area contributed by atoms with E-state index < -0.39 is 23.9 Å². The van der Waals surface area contributed by atoms with Crippen LogP contribution in [-0.2, 0) is 19.6 Å². The van der Waals surface area contributed by atoms with Crippen molar-refractivity contribution in [2.45, 2.75) is 64.3 Å². The molecule has 7 heteroatoms. The molecule has 0 aromatic heterocycles. The van der Waals surface area contributed by atoms with Crippen molar-refractivity contribution in [3.05, 3.63) is 126 Å². The summed E-state index contributed by atoms with van der Waals surface area (Å²) in [5.74, 6) is 1.35. The Morgan fingerprint density at radius 1 is 0.884 bits per heavy atom. The van der Waals surface area contributed by atoms with Crippen molar-refractivity contribution >= 4 is 25.0 Å². The fraction of sp³-hybridized carbons (Fsp3) is 0.278. The van der Waals surface area contributed by atoms with Crippen LogP contribution in [0.5, 0.6) is 5.75 Å². The van der Waals surface area contributed by atoms with Crippen LogP contribution in [0.3, 0.4) is 0 Å². The molecule has 2 aliphatic heterocycles. The lowest BCUT2D eigenvalue weighted by atomic mass is 9.61. The minimum Gasteiger partial charge on any atom is -0.534 e. The zero-order valence-electron chi connectivity index (χ0n) is 25.8.